The zero-order valence-corrected chi connectivity index (χ0v) is 88.7. The van der Waals surface area contributed by atoms with E-state index in [0.29, 0.717) is 159 Å². The van der Waals surface area contributed by atoms with Crippen molar-refractivity contribution in [2.45, 2.75) is 63.4 Å². The summed E-state index contributed by atoms with van der Waals surface area (Å²) in [4.78, 5) is 100. The summed E-state index contributed by atoms with van der Waals surface area (Å²) in [6, 6.07) is 66.7. The molecule has 12 heterocycles. The number of aromatic nitrogens is 14. The van der Waals surface area contributed by atoms with E-state index >= 15 is 0 Å². The number of aromatic amines is 5. The van der Waals surface area contributed by atoms with E-state index in [1.807, 2.05) is 156 Å². The van der Waals surface area contributed by atoms with E-state index in [1.54, 1.807) is 120 Å². The minimum absolute atomic E-state index is 0.000292. The molecule has 0 aliphatic heterocycles. The Morgan fingerprint density at radius 3 is 0.946 bits per heavy atom. The van der Waals surface area contributed by atoms with Crippen molar-refractivity contribution in [1.82, 2.24) is 69.4 Å². The predicted molar refractivity (Wildman–Crippen MR) is 591 cm³/mol. The summed E-state index contributed by atoms with van der Waals surface area (Å²) in [5.74, 6) is -0.418. The monoisotopic (exact) mass is 2170 g/mol. The SMILES string of the molecule is CS(=O)(=O)Cc1ccc(-c2cc3c(=O)cc[nH]c3nc2-c2ccccc2)cc1Cl.Cc1cc(-c2cc3c(=O)cc[nH]c3nc2-c2ccc(F)cc2)cc(Cl)c1CS(C)(=O)=O.Cc1cc(-c2cc3c(=O)cc[nH]c3nc2-c2ccccc2)ccc1CS(C)(=O)=O.Cc1cc(-c2cc3c(=O)cc[nH]c3nc2-c2ccn(C)n2)cc(Cl)c1CS(C)(=O)=O.Cc1ccn(-c2nc3[nH]ccc(=O)c3cc2-c2cc(C)c(CS(C)(=O)=O)c(Cl)c2)n1. The van der Waals surface area contributed by atoms with Crippen LogP contribution >= 0.6 is 46.4 Å². The largest absolute Gasteiger partial charge is 0.346 e. The van der Waals surface area contributed by atoms with Gasteiger partial charge in [0.15, 0.2) is 82.1 Å². The number of sulfone groups is 5. The molecule has 29 nitrogen and oxygen atoms in total. The standard InChI is InChI=1S/C23H18ClFN2O3S.C23H20N2O3S.C22H17ClN2O3S.2C21H19ClN4O3S/c1-13-9-15(10-20(24)19(13)12-31(2,29)30)17-11-18-21(28)7-8-26-23(18)27-22(17)14-3-5-16(25)6-4-14;1-15-12-17(8-9-18(15)14-29(2,27)28)19-13-20-21(26)10-11-24-23(20)25-22(19)16-6-4-3-5-7-16;1-29(27,28)13-16-8-7-15(11-19(16)23)17-12-18-20(26)9-10-24-22(18)25-21(17)14-5-3-2-4-6-14;1-12-8-13(9-17(22)16(12)11-30(3,28)29)14-10-15-19(27)4-6-23-21(15)24-20(14)18-5-7-26(2)25-18;1-12-8-14(9-18(22)17(12)11-30(3,28)29)15-10-16-19(27)4-6-23-20(16)24-21(15)26-7-5-13(2)25-26/h3-11H,12H2,1-2H3,(H,26,27,28);3-13H,14H2,1-2H3,(H,24,25,26);2-12H,13H2,1H3,(H,24,25,26);2*4-10H,11H2,1-3H3,(H,23,24,27). The van der Waals surface area contributed by atoms with Crippen LogP contribution in [0.2, 0.25) is 20.1 Å². The van der Waals surface area contributed by atoms with Gasteiger partial charge in [0.1, 0.15) is 45.4 Å². The molecule has 0 radical (unpaired) electrons. The fourth-order valence-electron chi connectivity index (χ4n) is 17.0. The third-order valence-electron chi connectivity index (χ3n) is 24.1. The molecule has 39 heteroatoms. The highest BCUT2D eigenvalue weighted by atomic mass is 35.5. The lowest BCUT2D eigenvalue weighted by Crippen LogP contribution is -2.08. The van der Waals surface area contributed by atoms with E-state index in [0.717, 1.165) is 84.4 Å². The van der Waals surface area contributed by atoms with E-state index in [4.69, 9.17) is 56.4 Å². The summed E-state index contributed by atoms with van der Waals surface area (Å²) in [5.41, 5.74) is 21.5. The molecule has 0 saturated heterocycles. The number of nitrogens with zero attached hydrogens (tertiary/aromatic N) is 9. The molecule has 149 heavy (non-hydrogen) atoms. The first kappa shape index (κ1) is 107. The van der Waals surface area contributed by atoms with Gasteiger partial charge in [-0.15, -0.1) is 0 Å². The van der Waals surface area contributed by atoms with Gasteiger partial charge < -0.3 is 24.9 Å². The maximum atomic E-state index is 13.5. The van der Waals surface area contributed by atoms with Crippen molar-refractivity contribution in [2.75, 3.05) is 31.3 Å². The topological polar surface area (TPSA) is 435 Å². The number of nitrogens with one attached hydrogen (secondary N) is 5. The molecule has 758 valence electrons. The van der Waals surface area contributed by atoms with Gasteiger partial charge in [-0.1, -0.05) is 156 Å². The van der Waals surface area contributed by atoms with Crippen molar-refractivity contribution in [3.63, 3.8) is 0 Å². The summed E-state index contributed by atoms with van der Waals surface area (Å²) in [5, 5.41) is 12.6. The number of benzene rings is 8. The van der Waals surface area contributed by atoms with Crippen LogP contribution in [0.15, 0.2) is 298 Å². The van der Waals surface area contributed by atoms with Crippen molar-refractivity contribution < 1.29 is 46.5 Å². The first-order valence-corrected chi connectivity index (χ1v) is 57.5. The Morgan fingerprint density at radius 1 is 0.295 bits per heavy atom. The van der Waals surface area contributed by atoms with Crippen molar-refractivity contribution in [1.29, 1.82) is 0 Å². The van der Waals surface area contributed by atoms with Crippen LogP contribution in [0.5, 0.6) is 0 Å². The molecule has 0 bridgehead atoms. The van der Waals surface area contributed by atoms with Gasteiger partial charge in [0.05, 0.1) is 78.5 Å². The van der Waals surface area contributed by atoms with Crippen molar-refractivity contribution >= 4 is 151 Å². The van der Waals surface area contributed by atoms with Gasteiger partial charge in [0, 0.05) is 177 Å². The molecule has 0 aliphatic carbocycles. The Kier molecular flexibility index (Phi) is 31.3. The van der Waals surface area contributed by atoms with Crippen LogP contribution in [0.1, 0.15) is 55.8 Å². The average molecular weight is 2170 g/mol. The molecule has 5 N–H and O–H groups in total. The highest BCUT2D eigenvalue weighted by Crippen LogP contribution is 2.43. The minimum Gasteiger partial charge on any atom is -0.346 e. The number of aryl methyl sites for hydroxylation is 6. The molecular weight excluding hydrogens is 2080 g/mol. The Hall–Kier alpha value is -15.2. The van der Waals surface area contributed by atoms with Gasteiger partial charge >= 0.3 is 0 Å². The maximum Gasteiger partial charge on any atom is 0.191 e. The summed E-state index contributed by atoms with van der Waals surface area (Å²) >= 11 is 25.8. The summed E-state index contributed by atoms with van der Waals surface area (Å²) < 4.78 is 134. The van der Waals surface area contributed by atoms with Crippen LogP contribution < -0.4 is 27.1 Å². The molecule has 8 aromatic carbocycles. The molecule has 0 saturated carbocycles. The Bertz CT molecular complexity index is 9210. The van der Waals surface area contributed by atoms with Gasteiger partial charge in [0.25, 0.3) is 0 Å². The smallest absolute Gasteiger partial charge is 0.191 e. The first-order valence-electron chi connectivity index (χ1n) is 45.7. The molecule has 20 rings (SSSR count). The summed E-state index contributed by atoms with van der Waals surface area (Å²) in [6.45, 7) is 9.19. The second kappa shape index (κ2) is 43.7. The van der Waals surface area contributed by atoms with Gasteiger partial charge in [-0.2, -0.15) is 10.2 Å². The molecule has 0 spiro atoms. The third-order valence-corrected chi connectivity index (χ3v) is 29.5. The average Bonchev–Trinajstić information content (AvgIpc) is 1.64. The zero-order chi connectivity index (χ0) is 107. The fourth-order valence-corrected chi connectivity index (χ4v) is 23.0. The normalized spacial score (nSPS) is 11.8. The quantitative estimate of drug-likeness (QED) is 0.0473. The molecule has 0 amide bonds. The molecule has 0 aliphatic rings. The van der Waals surface area contributed by atoms with Crippen molar-refractivity contribution in [3.8, 4) is 107 Å². The zero-order valence-electron chi connectivity index (χ0n) is 81.6. The second-order valence-corrected chi connectivity index (χ2v) is 48.5. The lowest BCUT2D eigenvalue weighted by Gasteiger charge is -2.15. The van der Waals surface area contributed by atoms with Crippen LogP contribution in [-0.2, 0) is 85.0 Å². The molecule has 0 unspecified atom stereocenters. The van der Waals surface area contributed by atoms with E-state index in [2.05, 4.69) is 50.1 Å². The van der Waals surface area contributed by atoms with Gasteiger partial charge in [0.2, 0.25) is 0 Å². The first-order chi connectivity index (χ1) is 70.5. The number of halogens is 5. The van der Waals surface area contributed by atoms with Crippen LogP contribution in [-0.4, -0.2) is 143 Å². The third kappa shape index (κ3) is 25.6. The van der Waals surface area contributed by atoms with Crippen LogP contribution in [0, 0.1) is 40.4 Å². The Morgan fingerprint density at radius 2 is 0.604 bits per heavy atom. The van der Waals surface area contributed by atoms with E-state index < -0.39 is 49.2 Å². The van der Waals surface area contributed by atoms with Crippen LogP contribution in [0.3, 0.4) is 0 Å². The lowest BCUT2D eigenvalue weighted by molar-refractivity contribution is 0.599. The second-order valence-electron chi connectivity index (χ2n) is 36.2. The van der Waals surface area contributed by atoms with Crippen molar-refractivity contribution in [2.24, 2.45) is 7.05 Å². The molecular formula is C110H93Cl4FN14O15S5. The molecule has 0 fully saturated rings. The van der Waals surface area contributed by atoms with E-state index in [1.165, 1.54) is 73.7 Å². The Balaban J connectivity index is 0.000000133. The van der Waals surface area contributed by atoms with Crippen molar-refractivity contribution in [3.05, 3.63) is 407 Å². The molecule has 12 aromatic heterocycles. The minimum atomic E-state index is -3.27. The highest BCUT2D eigenvalue weighted by Gasteiger charge is 2.26. The van der Waals surface area contributed by atoms with Gasteiger partial charge in [-0.25, -0.2) is 76.1 Å². The predicted octanol–water partition coefficient (Wildman–Crippen LogP) is 20.6. The highest BCUT2D eigenvalue weighted by molar-refractivity contribution is 7.91. The van der Waals surface area contributed by atoms with Gasteiger partial charge in [-0.05, 0) is 204 Å². The number of H-pyrrole nitrogens is 5. The van der Waals surface area contributed by atoms with E-state index in [-0.39, 0.29) is 61.7 Å². The summed E-state index contributed by atoms with van der Waals surface area (Å²) in [7, 11) is -14.3. The van der Waals surface area contributed by atoms with Crippen LogP contribution in [0.25, 0.3) is 162 Å². The lowest BCUT2D eigenvalue weighted by atomic mass is 9.95. The number of pyridine rings is 10. The molecule has 20 aromatic rings. The number of hydrogen-bond donors (Lipinski definition) is 5. The maximum absolute atomic E-state index is 13.5. The molecule has 0 atom stereocenters. The number of rotatable bonds is 20. The number of hydrogen-bond acceptors (Lipinski definition) is 22. The van der Waals surface area contributed by atoms with E-state index in [9.17, 15) is 70.5 Å². The number of fused-ring (bicyclic) bond motifs is 5. The summed E-state index contributed by atoms with van der Waals surface area (Å²) in [6.07, 6.45) is 17.3. The van der Waals surface area contributed by atoms with Gasteiger partial charge in [-0.3, -0.25) is 28.7 Å². The Labute approximate surface area is 874 Å². The fraction of sp³-hybridized carbons (Fsp3) is 0.145. The van der Waals surface area contributed by atoms with Crippen LogP contribution in [0.4, 0.5) is 4.39 Å².